The van der Waals surface area contributed by atoms with E-state index >= 15 is 0 Å². The Morgan fingerprint density at radius 3 is 2.16 bits per heavy atom. The highest BCUT2D eigenvalue weighted by atomic mass is 35.5. The van der Waals surface area contributed by atoms with Gasteiger partial charge in [-0.3, -0.25) is 19.7 Å². The molecule has 0 saturated carbocycles. The lowest BCUT2D eigenvalue weighted by Crippen LogP contribution is -2.22. The zero-order valence-electron chi connectivity index (χ0n) is 16.3. The van der Waals surface area contributed by atoms with E-state index in [-0.39, 0.29) is 17.2 Å². The summed E-state index contributed by atoms with van der Waals surface area (Å²) in [5.41, 5.74) is 4.43. The van der Waals surface area contributed by atoms with Crippen LogP contribution in [0.3, 0.4) is 0 Å². The first-order valence-corrected chi connectivity index (χ1v) is 9.48. The van der Waals surface area contributed by atoms with Gasteiger partial charge in [-0.2, -0.15) is 5.10 Å². The van der Waals surface area contributed by atoms with Crippen molar-refractivity contribution in [3.05, 3.63) is 105 Å². The summed E-state index contributed by atoms with van der Waals surface area (Å²) in [6.07, 6.45) is 0. The molecule has 2 amide bonds. The minimum absolute atomic E-state index is 0.0362. The van der Waals surface area contributed by atoms with Gasteiger partial charge >= 0.3 is 0 Å². The summed E-state index contributed by atoms with van der Waals surface area (Å²) in [6.45, 7) is 1.66. The van der Waals surface area contributed by atoms with Crippen molar-refractivity contribution < 1.29 is 14.5 Å². The molecule has 0 aliphatic rings. The molecule has 3 aromatic carbocycles. The second-order valence-electron chi connectivity index (χ2n) is 6.45. The van der Waals surface area contributed by atoms with Gasteiger partial charge in [0.05, 0.1) is 21.9 Å². The van der Waals surface area contributed by atoms with Crippen LogP contribution in [-0.2, 0) is 0 Å². The van der Waals surface area contributed by atoms with Crippen molar-refractivity contribution in [3.8, 4) is 0 Å². The quantitative estimate of drug-likeness (QED) is 0.332. The van der Waals surface area contributed by atoms with Gasteiger partial charge in [-0.05, 0) is 61.0 Å². The Bertz CT molecular complexity index is 1160. The lowest BCUT2D eigenvalue weighted by molar-refractivity contribution is -0.384. The van der Waals surface area contributed by atoms with Crippen molar-refractivity contribution in [2.45, 2.75) is 6.92 Å². The van der Waals surface area contributed by atoms with Crippen molar-refractivity contribution in [2.75, 3.05) is 5.32 Å². The molecule has 0 fully saturated rings. The monoisotopic (exact) mass is 436 g/mol. The fraction of sp³-hybridized carbons (Fsp3) is 0.0455. The number of rotatable bonds is 6. The number of nitrogens with one attached hydrogen (secondary N) is 2. The first-order chi connectivity index (χ1) is 14.8. The third kappa shape index (κ3) is 5.52. The van der Waals surface area contributed by atoms with Crippen LogP contribution < -0.4 is 10.7 Å². The van der Waals surface area contributed by atoms with Gasteiger partial charge in [-0.1, -0.05) is 23.7 Å². The van der Waals surface area contributed by atoms with Crippen LogP contribution in [0.5, 0.6) is 0 Å². The molecule has 0 aliphatic carbocycles. The number of carbonyl (C=O) groups excluding carboxylic acids is 2. The fourth-order valence-electron chi connectivity index (χ4n) is 2.67. The van der Waals surface area contributed by atoms with E-state index in [0.29, 0.717) is 27.5 Å². The summed E-state index contributed by atoms with van der Waals surface area (Å²) in [4.78, 5) is 35.4. The topological polar surface area (TPSA) is 114 Å². The number of hydrogen-bond acceptors (Lipinski definition) is 5. The van der Waals surface area contributed by atoms with E-state index in [0.717, 1.165) is 0 Å². The van der Waals surface area contributed by atoms with Crippen molar-refractivity contribution in [1.29, 1.82) is 0 Å². The summed E-state index contributed by atoms with van der Waals surface area (Å²) in [5.74, 6) is -0.907. The Balaban J connectivity index is 1.73. The molecular weight excluding hydrogens is 420 g/mol. The molecule has 31 heavy (non-hydrogen) atoms. The lowest BCUT2D eigenvalue weighted by atomic mass is 10.1. The largest absolute Gasteiger partial charge is 0.321 e. The highest BCUT2D eigenvalue weighted by Crippen LogP contribution is 2.18. The molecule has 0 aromatic heterocycles. The molecule has 0 atom stereocenters. The zero-order chi connectivity index (χ0) is 22.4. The van der Waals surface area contributed by atoms with Gasteiger partial charge in [-0.15, -0.1) is 0 Å². The number of amides is 2. The number of anilines is 1. The molecule has 0 radical (unpaired) electrons. The molecule has 3 rings (SSSR count). The number of nitrogens with zero attached hydrogens (tertiary/aromatic N) is 2. The van der Waals surface area contributed by atoms with Crippen LogP contribution in [0.2, 0.25) is 5.02 Å². The molecule has 0 spiro atoms. The summed E-state index contributed by atoms with van der Waals surface area (Å²) < 4.78 is 0. The second kappa shape index (κ2) is 9.64. The minimum Gasteiger partial charge on any atom is -0.321 e. The van der Waals surface area contributed by atoms with Crippen LogP contribution in [-0.4, -0.2) is 22.4 Å². The van der Waals surface area contributed by atoms with Crippen LogP contribution in [0.25, 0.3) is 0 Å². The molecule has 0 aliphatic heterocycles. The van der Waals surface area contributed by atoms with Gasteiger partial charge in [0, 0.05) is 22.7 Å². The molecule has 2 N–H and O–H groups in total. The van der Waals surface area contributed by atoms with E-state index in [9.17, 15) is 19.7 Å². The van der Waals surface area contributed by atoms with Crippen molar-refractivity contribution in [1.82, 2.24) is 5.43 Å². The molecule has 8 nitrogen and oxygen atoms in total. The number of carbonyl (C=O) groups is 2. The van der Waals surface area contributed by atoms with Gasteiger partial charge in [0.1, 0.15) is 0 Å². The Hall–Kier alpha value is -4.04. The van der Waals surface area contributed by atoms with Crippen LogP contribution in [0, 0.1) is 10.1 Å². The predicted octanol–water partition coefficient (Wildman–Crippen LogP) is 4.65. The van der Waals surface area contributed by atoms with E-state index < -0.39 is 10.8 Å². The third-order valence-corrected chi connectivity index (χ3v) is 4.60. The van der Waals surface area contributed by atoms with Crippen LogP contribution in [0.15, 0.2) is 77.9 Å². The van der Waals surface area contributed by atoms with E-state index in [1.54, 1.807) is 67.6 Å². The Kier molecular flexibility index (Phi) is 6.74. The summed E-state index contributed by atoms with van der Waals surface area (Å²) >= 11 is 5.84. The van der Waals surface area contributed by atoms with Gasteiger partial charge in [0.2, 0.25) is 0 Å². The number of hydrogen-bond donors (Lipinski definition) is 2. The smallest absolute Gasteiger partial charge is 0.273 e. The average Bonchev–Trinajstić information content (AvgIpc) is 2.78. The summed E-state index contributed by atoms with van der Waals surface area (Å²) in [6, 6.07) is 18.7. The molecule has 9 heteroatoms. The van der Waals surface area contributed by atoms with Gasteiger partial charge in [0.25, 0.3) is 17.5 Å². The number of benzene rings is 3. The third-order valence-electron chi connectivity index (χ3n) is 4.35. The zero-order valence-corrected chi connectivity index (χ0v) is 17.1. The Morgan fingerprint density at radius 2 is 1.52 bits per heavy atom. The number of non-ortho nitro benzene ring substituents is 1. The normalized spacial score (nSPS) is 11.0. The fourth-order valence-corrected chi connectivity index (χ4v) is 2.80. The van der Waals surface area contributed by atoms with Crippen LogP contribution in [0.4, 0.5) is 11.4 Å². The maximum Gasteiger partial charge on any atom is 0.273 e. The number of hydrazone groups is 1. The highest BCUT2D eigenvalue weighted by molar-refractivity contribution is 6.30. The number of nitro benzene ring substituents is 1. The summed E-state index contributed by atoms with van der Waals surface area (Å²) in [7, 11) is 0. The van der Waals surface area contributed by atoms with Crippen molar-refractivity contribution in [2.24, 2.45) is 5.10 Å². The SMILES string of the molecule is C/C(=N/NC(=O)c1ccccc1NC(=O)c1ccc(Cl)cc1)c1ccc([N+](=O)[O-])cc1. The predicted molar refractivity (Wildman–Crippen MR) is 119 cm³/mol. The number of para-hydroxylation sites is 1. The van der Waals surface area contributed by atoms with E-state index in [1.165, 1.54) is 12.1 Å². The number of halogens is 1. The van der Waals surface area contributed by atoms with Crippen molar-refractivity contribution in [3.63, 3.8) is 0 Å². The molecule has 3 aromatic rings. The second-order valence-corrected chi connectivity index (χ2v) is 6.89. The van der Waals surface area contributed by atoms with Gasteiger partial charge in [0.15, 0.2) is 0 Å². The number of nitro groups is 1. The lowest BCUT2D eigenvalue weighted by Gasteiger charge is -2.10. The Labute approximate surface area is 182 Å². The molecule has 0 bridgehead atoms. The van der Waals surface area contributed by atoms with Crippen molar-refractivity contribution >= 4 is 40.5 Å². The van der Waals surface area contributed by atoms with E-state index in [2.05, 4.69) is 15.8 Å². The molecule has 156 valence electrons. The van der Waals surface area contributed by atoms with E-state index in [1.807, 2.05) is 0 Å². The first-order valence-electron chi connectivity index (χ1n) is 9.10. The molecule has 0 unspecified atom stereocenters. The standard InChI is InChI=1S/C22H17ClN4O4/c1-14(15-8-12-18(13-9-15)27(30)31)25-26-22(29)19-4-2-3-5-20(19)24-21(28)16-6-10-17(23)11-7-16/h2-13H,1H3,(H,24,28)(H,26,29)/b25-14-. The highest BCUT2D eigenvalue weighted by Gasteiger charge is 2.14. The summed E-state index contributed by atoms with van der Waals surface area (Å²) in [5, 5.41) is 18.0. The first kappa shape index (κ1) is 21.7. The maximum absolute atomic E-state index is 12.6. The minimum atomic E-state index is -0.520. The molecule has 0 saturated heterocycles. The average molecular weight is 437 g/mol. The van der Waals surface area contributed by atoms with Crippen LogP contribution >= 0.6 is 11.6 Å². The van der Waals surface area contributed by atoms with E-state index in [4.69, 9.17) is 11.6 Å². The van der Waals surface area contributed by atoms with Gasteiger partial charge in [-0.25, -0.2) is 5.43 Å². The van der Waals surface area contributed by atoms with Crippen LogP contribution in [0.1, 0.15) is 33.2 Å². The maximum atomic E-state index is 12.6. The molecule has 0 heterocycles. The van der Waals surface area contributed by atoms with Gasteiger partial charge < -0.3 is 5.32 Å². The Morgan fingerprint density at radius 1 is 0.903 bits per heavy atom. The molecular formula is C22H17ClN4O4.